The summed E-state index contributed by atoms with van der Waals surface area (Å²) in [6.45, 7) is 3.34. The number of aryl methyl sites for hydroxylation is 1. The van der Waals surface area contributed by atoms with Crippen LogP contribution >= 0.6 is 0 Å². The van der Waals surface area contributed by atoms with Crippen molar-refractivity contribution >= 4 is 0 Å². The van der Waals surface area contributed by atoms with Gasteiger partial charge in [-0.2, -0.15) is 0 Å². The molecule has 0 aliphatic heterocycles. The van der Waals surface area contributed by atoms with E-state index in [4.69, 9.17) is 5.11 Å². The van der Waals surface area contributed by atoms with Crippen molar-refractivity contribution in [1.29, 1.82) is 0 Å². The lowest BCUT2D eigenvalue weighted by Crippen LogP contribution is -2.20. The highest BCUT2D eigenvalue weighted by molar-refractivity contribution is 4.90. The van der Waals surface area contributed by atoms with Gasteiger partial charge in [-0.1, -0.05) is 5.21 Å². The molecule has 3 N–H and O–H groups in total. The van der Waals surface area contributed by atoms with Crippen LogP contribution in [0, 0.1) is 0 Å². The van der Waals surface area contributed by atoms with E-state index in [1.807, 2.05) is 17.9 Å². The van der Waals surface area contributed by atoms with Crippen LogP contribution in [-0.4, -0.2) is 46.8 Å². The average Bonchev–Trinajstić information content (AvgIpc) is 2.66. The molecule has 0 atom stereocenters. The van der Waals surface area contributed by atoms with Crippen molar-refractivity contribution in [2.24, 2.45) is 0 Å². The molecule has 1 aromatic rings. The highest BCUT2D eigenvalue weighted by atomic mass is 16.3. The van der Waals surface area contributed by atoms with Crippen molar-refractivity contribution in [3.63, 3.8) is 0 Å². The molecule has 1 rings (SSSR count). The van der Waals surface area contributed by atoms with Gasteiger partial charge in [0.1, 0.15) is 0 Å². The van der Waals surface area contributed by atoms with Gasteiger partial charge in [0, 0.05) is 25.8 Å². The highest BCUT2D eigenvalue weighted by Gasteiger charge is 1.98. The molecule has 6 heteroatoms. The van der Waals surface area contributed by atoms with Gasteiger partial charge in [-0.05, 0) is 20.0 Å². The third-order valence-corrected chi connectivity index (χ3v) is 1.97. The van der Waals surface area contributed by atoms with Gasteiger partial charge in [0.2, 0.25) is 0 Å². The zero-order chi connectivity index (χ0) is 10.9. The van der Waals surface area contributed by atoms with Crippen LogP contribution in [0.15, 0.2) is 6.20 Å². The molecule has 0 amide bonds. The second-order valence-electron chi connectivity index (χ2n) is 3.33. The van der Waals surface area contributed by atoms with Gasteiger partial charge in [0.25, 0.3) is 0 Å². The van der Waals surface area contributed by atoms with E-state index in [0.717, 1.165) is 31.7 Å². The molecule has 0 aliphatic carbocycles. The number of hydrogen-bond acceptors (Lipinski definition) is 5. The molecule has 15 heavy (non-hydrogen) atoms. The molecule has 86 valence electrons. The number of nitrogens with zero attached hydrogens (tertiary/aromatic N) is 3. The van der Waals surface area contributed by atoms with Crippen LogP contribution in [0.5, 0.6) is 0 Å². The summed E-state index contributed by atoms with van der Waals surface area (Å²) < 4.78 is 1.84. The Balaban J connectivity index is 2.14. The van der Waals surface area contributed by atoms with Crippen LogP contribution < -0.4 is 10.6 Å². The van der Waals surface area contributed by atoms with Gasteiger partial charge < -0.3 is 15.7 Å². The van der Waals surface area contributed by atoms with E-state index in [2.05, 4.69) is 20.9 Å². The molecule has 0 aromatic carbocycles. The fraction of sp³-hybridized carbons (Fsp3) is 0.778. The first-order valence-electron chi connectivity index (χ1n) is 5.22. The molecule has 6 nitrogen and oxygen atoms in total. The van der Waals surface area contributed by atoms with Crippen molar-refractivity contribution in [2.75, 3.05) is 26.7 Å². The lowest BCUT2D eigenvalue weighted by Gasteiger charge is -2.01. The summed E-state index contributed by atoms with van der Waals surface area (Å²) in [5.41, 5.74) is 0.959. The Labute approximate surface area is 89.7 Å². The van der Waals surface area contributed by atoms with Crippen molar-refractivity contribution < 1.29 is 5.11 Å². The Bertz CT molecular complexity index is 263. The van der Waals surface area contributed by atoms with Crippen LogP contribution in [0.2, 0.25) is 0 Å². The van der Waals surface area contributed by atoms with Crippen LogP contribution in [0.25, 0.3) is 0 Å². The topological polar surface area (TPSA) is 75.0 Å². The number of rotatable bonds is 8. The number of nitrogens with one attached hydrogen (secondary N) is 2. The minimum absolute atomic E-state index is 0.190. The van der Waals surface area contributed by atoms with E-state index in [-0.39, 0.29) is 6.61 Å². The van der Waals surface area contributed by atoms with E-state index in [0.29, 0.717) is 6.54 Å². The summed E-state index contributed by atoms with van der Waals surface area (Å²) in [5, 5.41) is 22.7. The molecule has 0 fully saturated rings. The second kappa shape index (κ2) is 7.33. The maximum atomic E-state index is 8.55. The molecule has 1 aromatic heterocycles. The minimum Gasteiger partial charge on any atom is -0.395 e. The quantitative estimate of drug-likeness (QED) is 0.481. The van der Waals surface area contributed by atoms with Gasteiger partial charge in [0.15, 0.2) is 0 Å². The molecule has 0 saturated carbocycles. The van der Waals surface area contributed by atoms with Crippen molar-refractivity contribution in [1.82, 2.24) is 25.6 Å². The van der Waals surface area contributed by atoms with Gasteiger partial charge in [0.05, 0.1) is 12.3 Å². The van der Waals surface area contributed by atoms with Gasteiger partial charge in [-0.15, -0.1) is 5.10 Å². The lowest BCUT2D eigenvalue weighted by atomic mass is 10.4. The largest absolute Gasteiger partial charge is 0.395 e. The number of aliphatic hydroxyl groups excluding tert-OH is 1. The van der Waals surface area contributed by atoms with Crippen LogP contribution in [0.1, 0.15) is 12.1 Å². The fourth-order valence-electron chi connectivity index (χ4n) is 1.28. The number of aromatic nitrogens is 3. The summed E-state index contributed by atoms with van der Waals surface area (Å²) in [4.78, 5) is 0. The molecule has 0 radical (unpaired) electrons. The number of hydrogen-bond donors (Lipinski definition) is 3. The van der Waals surface area contributed by atoms with E-state index in [1.165, 1.54) is 0 Å². The first-order chi connectivity index (χ1) is 7.36. The smallest absolute Gasteiger partial charge is 0.0964 e. The van der Waals surface area contributed by atoms with Gasteiger partial charge >= 0.3 is 0 Å². The zero-order valence-electron chi connectivity index (χ0n) is 9.11. The third kappa shape index (κ3) is 4.87. The zero-order valence-corrected chi connectivity index (χ0v) is 9.11. The van der Waals surface area contributed by atoms with Crippen LogP contribution in [-0.2, 0) is 13.1 Å². The van der Waals surface area contributed by atoms with E-state index >= 15 is 0 Å². The normalized spacial score (nSPS) is 10.8. The van der Waals surface area contributed by atoms with Gasteiger partial charge in [-0.25, -0.2) is 0 Å². The Morgan fingerprint density at radius 1 is 1.47 bits per heavy atom. The second-order valence-corrected chi connectivity index (χ2v) is 3.33. The molecular formula is C9H19N5O. The van der Waals surface area contributed by atoms with E-state index in [9.17, 15) is 0 Å². The molecule has 0 unspecified atom stereocenters. The van der Waals surface area contributed by atoms with E-state index in [1.54, 1.807) is 0 Å². The van der Waals surface area contributed by atoms with Gasteiger partial charge in [-0.3, -0.25) is 4.68 Å². The molecular weight excluding hydrogens is 194 g/mol. The predicted molar refractivity (Wildman–Crippen MR) is 57.4 cm³/mol. The standard InChI is InChI=1S/C9H19N5O/c1-10-7-9-8-14(13-12-9)5-2-3-11-4-6-15/h8,10-11,15H,2-7H2,1H3. The SMILES string of the molecule is CNCc1cn(CCCNCCO)nn1. The molecule has 1 heterocycles. The first kappa shape index (κ1) is 12.1. The molecule has 0 saturated heterocycles. The summed E-state index contributed by atoms with van der Waals surface area (Å²) >= 11 is 0. The summed E-state index contributed by atoms with van der Waals surface area (Å²) in [5.74, 6) is 0. The lowest BCUT2D eigenvalue weighted by molar-refractivity contribution is 0.291. The van der Waals surface area contributed by atoms with Crippen molar-refractivity contribution in [2.45, 2.75) is 19.5 Å². The highest BCUT2D eigenvalue weighted by Crippen LogP contribution is 1.93. The third-order valence-electron chi connectivity index (χ3n) is 1.97. The average molecular weight is 213 g/mol. The maximum Gasteiger partial charge on any atom is 0.0964 e. The Morgan fingerprint density at radius 2 is 2.33 bits per heavy atom. The van der Waals surface area contributed by atoms with Crippen molar-refractivity contribution in [3.8, 4) is 0 Å². The molecule has 0 spiro atoms. The van der Waals surface area contributed by atoms with E-state index < -0.39 is 0 Å². The fourth-order valence-corrected chi connectivity index (χ4v) is 1.28. The van der Waals surface area contributed by atoms with Crippen LogP contribution in [0.4, 0.5) is 0 Å². The monoisotopic (exact) mass is 213 g/mol. The molecule has 0 aliphatic rings. The predicted octanol–water partition coefficient (Wildman–Crippen LogP) is -1.03. The first-order valence-corrected chi connectivity index (χ1v) is 5.22. The maximum absolute atomic E-state index is 8.55. The Morgan fingerprint density at radius 3 is 3.07 bits per heavy atom. The summed E-state index contributed by atoms with van der Waals surface area (Å²) in [7, 11) is 1.89. The summed E-state index contributed by atoms with van der Waals surface area (Å²) in [6.07, 6.45) is 2.94. The number of aliphatic hydroxyl groups is 1. The Hall–Kier alpha value is -0.980. The minimum atomic E-state index is 0.190. The Kier molecular flexibility index (Phi) is 5.91. The van der Waals surface area contributed by atoms with Crippen LogP contribution in [0.3, 0.4) is 0 Å². The molecule has 0 bridgehead atoms. The van der Waals surface area contributed by atoms with Crippen molar-refractivity contribution in [3.05, 3.63) is 11.9 Å². The summed E-state index contributed by atoms with van der Waals surface area (Å²) in [6, 6.07) is 0.